The maximum absolute atomic E-state index is 13.8. The molecule has 2 amide bonds. The fourth-order valence-corrected chi connectivity index (χ4v) is 4.42. The highest BCUT2D eigenvalue weighted by Gasteiger charge is 2.22. The molecule has 1 unspecified atom stereocenters. The van der Waals surface area contributed by atoms with Crippen LogP contribution in [-0.4, -0.2) is 45.7 Å². The number of hydrogen-bond acceptors (Lipinski definition) is 8. The van der Waals surface area contributed by atoms with Gasteiger partial charge in [0.25, 0.3) is 0 Å². The van der Waals surface area contributed by atoms with Gasteiger partial charge in [0.05, 0.1) is 25.4 Å². The van der Waals surface area contributed by atoms with E-state index >= 15 is 0 Å². The van der Waals surface area contributed by atoms with Gasteiger partial charge in [-0.2, -0.15) is 15.0 Å². The lowest BCUT2D eigenvalue weighted by Crippen LogP contribution is -2.30. The molecule has 5 N–H and O–H groups in total. The second-order valence-electron chi connectivity index (χ2n) is 9.42. The Balaban J connectivity index is 1.54. The largest absolute Gasteiger partial charge is 0.495 e. The van der Waals surface area contributed by atoms with E-state index in [1.165, 1.54) is 31.4 Å². The Labute approximate surface area is 252 Å². The number of benzene rings is 4. The first kappa shape index (κ1) is 29.6. The summed E-state index contributed by atoms with van der Waals surface area (Å²) in [7, 11) is 1.49. The van der Waals surface area contributed by atoms with Gasteiger partial charge < -0.3 is 20.5 Å². The summed E-state index contributed by atoms with van der Waals surface area (Å²) in [6, 6.07) is 28.1. The number of carboxylic acid groups (broad SMARTS) is 1. The number of carbonyl (C=O) groups is 2. The molecule has 5 aromatic rings. The van der Waals surface area contributed by atoms with E-state index in [-0.39, 0.29) is 17.7 Å². The van der Waals surface area contributed by atoms with E-state index in [1.807, 2.05) is 54.6 Å². The number of carbonyl (C=O) groups excluding carboxylic acids is 1. The smallest absolute Gasteiger partial charge is 0.326 e. The number of ether oxygens (including phenoxy) is 1. The Morgan fingerprint density at radius 3 is 2.18 bits per heavy atom. The maximum Gasteiger partial charge on any atom is 0.326 e. The number of carboxylic acids is 1. The van der Waals surface area contributed by atoms with Crippen molar-refractivity contribution in [2.75, 3.05) is 29.6 Å². The van der Waals surface area contributed by atoms with E-state index in [9.17, 15) is 19.1 Å². The molecule has 44 heavy (non-hydrogen) atoms. The zero-order valence-corrected chi connectivity index (χ0v) is 23.5. The van der Waals surface area contributed by atoms with Crippen molar-refractivity contribution in [2.45, 2.75) is 6.04 Å². The highest BCUT2D eigenvalue weighted by Crippen LogP contribution is 2.30. The molecule has 0 fully saturated rings. The Morgan fingerprint density at radius 2 is 1.45 bits per heavy atom. The molecule has 0 aliphatic rings. The van der Waals surface area contributed by atoms with Crippen LogP contribution in [0.4, 0.5) is 32.5 Å². The molecule has 1 heterocycles. The Hall–Kier alpha value is -5.88. The average Bonchev–Trinajstić information content (AvgIpc) is 3.03. The van der Waals surface area contributed by atoms with Crippen LogP contribution in [-0.2, 0) is 4.79 Å². The Bertz CT molecular complexity index is 1750. The fourth-order valence-electron chi connectivity index (χ4n) is 4.42. The summed E-state index contributed by atoms with van der Waals surface area (Å²) in [5, 5.41) is 20.8. The number of methoxy groups -OCH3 is 1. The second kappa shape index (κ2) is 13.9. The highest BCUT2D eigenvalue weighted by atomic mass is 19.1. The molecule has 0 aliphatic carbocycles. The van der Waals surface area contributed by atoms with Gasteiger partial charge in [-0.25, -0.2) is 9.18 Å². The molecular formula is C32H28FN7O4. The van der Waals surface area contributed by atoms with Gasteiger partial charge in [0.1, 0.15) is 11.6 Å². The molecule has 0 bridgehead atoms. The van der Waals surface area contributed by atoms with E-state index in [0.29, 0.717) is 22.7 Å². The number of aromatic nitrogens is 3. The summed E-state index contributed by atoms with van der Waals surface area (Å²) in [5.41, 5.74) is 3.42. The van der Waals surface area contributed by atoms with Crippen LogP contribution in [0.2, 0.25) is 0 Å². The third kappa shape index (κ3) is 7.49. The van der Waals surface area contributed by atoms with Gasteiger partial charge in [0.2, 0.25) is 11.9 Å². The predicted octanol–water partition coefficient (Wildman–Crippen LogP) is 5.84. The quantitative estimate of drug-likeness (QED) is 0.127. The van der Waals surface area contributed by atoms with Gasteiger partial charge in [0.15, 0.2) is 5.82 Å². The topological polar surface area (TPSA) is 150 Å². The highest BCUT2D eigenvalue weighted by molar-refractivity contribution is 5.99. The minimum Gasteiger partial charge on any atom is -0.495 e. The number of nitrogens with one attached hydrogen (secondary N) is 4. The number of para-hydroxylation sites is 3. The number of aliphatic carboxylic acids is 1. The van der Waals surface area contributed by atoms with Crippen molar-refractivity contribution in [3.63, 3.8) is 0 Å². The van der Waals surface area contributed by atoms with Crippen LogP contribution in [0.1, 0.15) is 17.4 Å². The molecule has 1 aromatic heterocycles. The zero-order valence-electron chi connectivity index (χ0n) is 23.5. The summed E-state index contributed by atoms with van der Waals surface area (Å²) in [6.45, 7) is -0.440. The first-order valence-electron chi connectivity index (χ1n) is 13.5. The molecule has 222 valence electrons. The van der Waals surface area contributed by atoms with Crippen molar-refractivity contribution in [3.8, 4) is 16.9 Å². The van der Waals surface area contributed by atoms with E-state index in [4.69, 9.17) is 4.74 Å². The minimum atomic E-state index is -1.11. The molecule has 11 nitrogen and oxygen atoms in total. The predicted molar refractivity (Wildman–Crippen MR) is 165 cm³/mol. The number of halogens is 1. The van der Waals surface area contributed by atoms with E-state index in [1.54, 1.807) is 24.3 Å². The van der Waals surface area contributed by atoms with Gasteiger partial charge in [-0.15, -0.1) is 0 Å². The van der Waals surface area contributed by atoms with Gasteiger partial charge in [-0.1, -0.05) is 72.8 Å². The van der Waals surface area contributed by atoms with E-state index < -0.39 is 30.4 Å². The maximum atomic E-state index is 13.8. The van der Waals surface area contributed by atoms with Crippen LogP contribution >= 0.6 is 0 Å². The number of anilines is 4. The summed E-state index contributed by atoms with van der Waals surface area (Å²) >= 11 is 0. The van der Waals surface area contributed by atoms with Gasteiger partial charge in [-0.05, 0) is 41.5 Å². The van der Waals surface area contributed by atoms with E-state index in [0.717, 1.165) is 11.1 Å². The molecule has 0 saturated heterocycles. The van der Waals surface area contributed by atoms with Gasteiger partial charge in [0, 0.05) is 11.3 Å². The third-order valence-corrected chi connectivity index (χ3v) is 6.41. The normalized spacial score (nSPS) is 11.3. The van der Waals surface area contributed by atoms with E-state index in [2.05, 4.69) is 36.2 Å². The summed E-state index contributed by atoms with van der Waals surface area (Å²) in [4.78, 5) is 38.0. The van der Waals surface area contributed by atoms with Crippen molar-refractivity contribution in [1.29, 1.82) is 0 Å². The summed E-state index contributed by atoms with van der Waals surface area (Å²) in [5.74, 6) is -1.08. The van der Waals surface area contributed by atoms with Crippen molar-refractivity contribution >= 4 is 35.3 Å². The first-order chi connectivity index (χ1) is 21.4. The van der Waals surface area contributed by atoms with Crippen molar-refractivity contribution in [1.82, 2.24) is 20.3 Å². The fraction of sp³-hybridized carbons (Fsp3) is 0.0938. The molecule has 12 heteroatoms. The molecule has 5 rings (SSSR count). The number of amides is 2. The lowest BCUT2D eigenvalue weighted by molar-refractivity contribution is -0.136. The Kier molecular flexibility index (Phi) is 9.32. The molecule has 1 atom stereocenters. The first-order valence-corrected chi connectivity index (χ1v) is 13.5. The summed E-state index contributed by atoms with van der Waals surface area (Å²) in [6.07, 6.45) is 0. The number of rotatable bonds is 11. The zero-order chi connectivity index (χ0) is 30.9. The minimum absolute atomic E-state index is 0.0789. The Morgan fingerprint density at radius 1 is 0.795 bits per heavy atom. The van der Waals surface area contributed by atoms with Crippen LogP contribution in [0, 0.1) is 5.82 Å². The molecule has 4 aromatic carbocycles. The van der Waals surface area contributed by atoms with Gasteiger partial charge in [-0.3, -0.25) is 15.4 Å². The van der Waals surface area contributed by atoms with Crippen LogP contribution in [0.3, 0.4) is 0 Å². The molecular weight excluding hydrogens is 565 g/mol. The third-order valence-electron chi connectivity index (χ3n) is 6.41. The summed E-state index contributed by atoms with van der Waals surface area (Å²) < 4.78 is 19.1. The number of hydrogen-bond donors (Lipinski definition) is 5. The monoisotopic (exact) mass is 593 g/mol. The lowest BCUT2D eigenvalue weighted by atomic mass is 10.0. The number of nitrogens with zero attached hydrogens (tertiary/aromatic N) is 3. The average molecular weight is 594 g/mol. The van der Waals surface area contributed by atoms with Crippen LogP contribution in [0.5, 0.6) is 5.75 Å². The van der Waals surface area contributed by atoms with Crippen molar-refractivity contribution in [3.05, 3.63) is 120 Å². The molecule has 0 aliphatic heterocycles. The molecule has 0 radical (unpaired) electrons. The second-order valence-corrected chi connectivity index (χ2v) is 9.42. The standard InChI is InChI=1S/C32H28FN7O4/c1-44-26-14-8-7-13-25(26)36-32(43)40-31-38-29(28(34-19-27(41)42)21-15-17-22(33)18-16-21)37-30(39-31)35-24-12-6-5-11-23(24)20-9-3-2-4-10-20/h2-18,28,34H,19H2,1H3,(H,41,42)(H3,35,36,37,38,39,40,43). The van der Waals surface area contributed by atoms with Crippen LogP contribution in [0.15, 0.2) is 103 Å². The van der Waals surface area contributed by atoms with Gasteiger partial charge >= 0.3 is 12.0 Å². The van der Waals surface area contributed by atoms with Crippen LogP contribution < -0.4 is 26.0 Å². The SMILES string of the molecule is COc1ccccc1NC(=O)Nc1nc(Nc2ccccc2-c2ccccc2)nc(C(NCC(=O)O)c2ccc(F)cc2)n1. The van der Waals surface area contributed by atoms with Crippen molar-refractivity contribution in [2.24, 2.45) is 0 Å². The van der Waals surface area contributed by atoms with Crippen molar-refractivity contribution < 1.29 is 23.8 Å². The lowest BCUT2D eigenvalue weighted by Gasteiger charge is -2.19. The number of urea groups is 1. The molecule has 0 spiro atoms. The molecule has 0 saturated carbocycles. The van der Waals surface area contributed by atoms with Crippen LogP contribution in [0.25, 0.3) is 11.1 Å².